The smallest absolute Gasteiger partial charge is 0.293 e. The summed E-state index contributed by atoms with van der Waals surface area (Å²) in [5.74, 6) is -0.0167. The number of nitrogens with zero attached hydrogens (tertiary/aromatic N) is 1. The Morgan fingerprint density at radius 2 is 2.06 bits per heavy atom. The molecule has 1 heterocycles. The van der Waals surface area contributed by atoms with Gasteiger partial charge in [-0.05, 0) is 32.4 Å². The molecule has 0 fully saturated rings. The highest BCUT2D eigenvalue weighted by Crippen LogP contribution is 2.17. The molecule has 1 amide bonds. The lowest BCUT2D eigenvalue weighted by Crippen LogP contribution is -2.13. The lowest BCUT2D eigenvalue weighted by Gasteiger charge is -2.07. The first-order valence-corrected chi connectivity index (χ1v) is 5.36. The van der Waals surface area contributed by atoms with Crippen LogP contribution in [0.5, 0.6) is 0 Å². The number of amides is 1. The number of rotatable bonds is 2. The van der Waals surface area contributed by atoms with Gasteiger partial charge >= 0.3 is 0 Å². The van der Waals surface area contributed by atoms with Crippen molar-refractivity contribution in [2.24, 2.45) is 0 Å². The van der Waals surface area contributed by atoms with Gasteiger partial charge in [0.1, 0.15) is 0 Å². The van der Waals surface area contributed by atoms with E-state index in [1.807, 2.05) is 32.0 Å². The molecule has 0 aliphatic rings. The average molecular weight is 230 g/mol. The summed E-state index contributed by atoms with van der Waals surface area (Å²) >= 11 is 0. The van der Waals surface area contributed by atoms with Crippen LogP contribution < -0.4 is 5.32 Å². The Kier molecular flexibility index (Phi) is 2.95. The predicted molar refractivity (Wildman–Crippen MR) is 65.1 cm³/mol. The second-order valence-electron chi connectivity index (χ2n) is 4.04. The number of aromatic nitrogens is 1. The Morgan fingerprint density at radius 3 is 2.65 bits per heavy atom. The molecular weight excluding hydrogens is 216 g/mol. The van der Waals surface area contributed by atoms with Crippen LogP contribution in [0.3, 0.4) is 0 Å². The zero-order chi connectivity index (χ0) is 12.4. The fourth-order valence-corrected chi connectivity index (χ4v) is 1.65. The molecule has 0 atom stereocenters. The molecule has 0 spiro atoms. The SMILES string of the molecule is Cc1ccc(NC(=O)c2ocnc2C)c(C)c1. The van der Waals surface area contributed by atoms with E-state index in [1.54, 1.807) is 6.92 Å². The summed E-state index contributed by atoms with van der Waals surface area (Å²) in [6.45, 7) is 5.70. The molecule has 88 valence electrons. The van der Waals surface area contributed by atoms with Gasteiger partial charge in [0.25, 0.3) is 5.91 Å². The number of benzene rings is 1. The van der Waals surface area contributed by atoms with Gasteiger partial charge in [-0.1, -0.05) is 17.7 Å². The largest absolute Gasteiger partial charge is 0.438 e. The summed E-state index contributed by atoms with van der Waals surface area (Å²) in [6.07, 6.45) is 1.27. The van der Waals surface area contributed by atoms with Gasteiger partial charge in [-0.2, -0.15) is 0 Å². The molecule has 0 aliphatic heterocycles. The molecule has 0 saturated carbocycles. The Bertz CT molecular complexity index is 558. The molecule has 0 aliphatic carbocycles. The van der Waals surface area contributed by atoms with Gasteiger partial charge in [-0.3, -0.25) is 4.79 Å². The first kappa shape index (κ1) is 11.4. The monoisotopic (exact) mass is 230 g/mol. The third-order valence-corrected chi connectivity index (χ3v) is 2.58. The van der Waals surface area contributed by atoms with E-state index in [-0.39, 0.29) is 11.7 Å². The lowest BCUT2D eigenvalue weighted by molar-refractivity contribution is 0.0996. The molecule has 4 heteroatoms. The summed E-state index contributed by atoms with van der Waals surface area (Å²) in [4.78, 5) is 15.8. The topological polar surface area (TPSA) is 55.1 Å². The number of hydrogen-bond acceptors (Lipinski definition) is 3. The highest BCUT2D eigenvalue weighted by Gasteiger charge is 2.14. The van der Waals surface area contributed by atoms with E-state index in [9.17, 15) is 4.79 Å². The van der Waals surface area contributed by atoms with E-state index < -0.39 is 0 Å². The van der Waals surface area contributed by atoms with Gasteiger partial charge < -0.3 is 9.73 Å². The number of nitrogens with one attached hydrogen (secondary N) is 1. The Balaban J connectivity index is 2.22. The van der Waals surface area contributed by atoms with Crippen LogP contribution in [-0.4, -0.2) is 10.9 Å². The van der Waals surface area contributed by atoms with E-state index in [2.05, 4.69) is 10.3 Å². The minimum atomic E-state index is -0.271. The molecule has 0 bridgehead atoms. The average Bonchev–Trinajstić information content (AvgIpc) is 2.68. The number of carbonyl (C=O) groups excluding carboxylic acids is 1. The van der Waals surface area contributed by atoms with Crippen molar-refractivity contribution >= 4 is 11.6 Å². The van der Waals surface area contributed by atoms with Crippen molar-refractivity contribution in [1.29, 1.82) is 0 Å². The van der Waals surface area contributed by atoms with Crippen molar-refractivity contribution < 1.29 is 9.21 Å². The molecule has 17 heavy (non-hydrogen) atoms. The van der Waals surface area contributed by atoms with Gasteiger partial charge in [0.2, 0.25) is 5.76 Å². The standard InChI is InChI=1S/C13H14N2O2/c1-8-4-5-11(9(2)6-8)15-13(16)12-10(3)14-7-17-12/h4-7H,1-3H3,(H,15,16). The van der Waals surface area contributed by atoms with Crippen molar-refractivity contribution in [1.82, 2.24) is 4.98 Å². The molecule has 0 radical (unpaired) electrons. The third-order valence-electron chi connectivity index (χ3n) is 2.58. The van der Waals surface area contributed by atoms with Crippen molar-refractivity contribution in [3.63, 3.8) is 0 Å². The van der Waals surface area contributed by atoms with E-state index >= 15 is 0 Å². The van der Waals surface area contributed by atoms with Gasteiger partial charge in [-0.15, -0.1) is 0 Å². The van der Waals surface area contributed by atoms with Crippen molar-refractivity contribution in [2.75, 3.05) is 5.32 Å². The van der Waals surface area contributed by atoms with Crippen LogP contribution in [0.2, 0.25) is 0 Å². The minimum absolute atomic E-state index is 0.255. The van der Waals surface area contributed by atoms with Gasteiger partial charge in [0.05, 0.1) is 5.69 Å². The fraction of sp³-hybridized carbons (Fsp3) is 0.231. The van der Waals surface area contributed by atoms with Crippen LogP contribution in [0, 0.1) is 20.8 Å². The van der Waals surface area contributed by atoms with Gasteiger partial charge in [0, 0.05) is 5.69 Å². The normalized spacial score (nSPS) is 10.3. The van der Waals surface area contributed by atoms with Crippen LogP contribution in [0.1, 0.15) is 27.4 Å². The number of aryl methyl sites for hydroxylation is 3. The fourth-order valence-electron chi connectivity index (χ4n) is 1.65. The van der Waals surface area contributed by atoms with Crippen molar-refractivity contribution in [3.05, 3.63) is 47.2 Å². The predicted octanol–water partition coefficient (Wildman–Crippen LogP) is 2.85. The Labute approximate surface area is 99.7 Å². The van der Waals surface area contributed by atoms with E-state index in [4.69, 9.17) is 4.42 Å². The first-order chi connectivity index (χ1) is 8.08. The lowest BCUT2D eigenvalue weighted by atomic mass is 10.1. The maximum atomic E-state index is 11.9. The molecule has 1 N–H and O–H groups in total. The molecule has 1 aromatic carbocycles. The quantitative estimate of drug-likeness (QED) is 0.863. The summed E-state index contributed by atoms with van der Waals surface area (Å²) in [7, 11) is 0. The number of carbonyl (C=O) groups is 1. The van der Waals surface area contributed by atoms with Crippen LogP contribution in [0.25, 0.3) is 0 Å². The van der Waals surface area contributed by atoms with Crippen LogP contribution in [0.15, 0.2) is 29.0 Å². The minimum Gasteiger partial charge on any atom is -0.438 e. The highest BCUT2D eigenvalue weighted by atomic mass is 16.3. The Morgan fingerprint density at radius 1 is 1.29 bits per heavy atom. The second-order valence-corrected chi connectivity index (χ2v) is 4.04. The number of oxazole rings is 1. The molecular formula is C13H14N2O2. The van der Waals surface area contributed by atoms with Gasteiger partial charge in [0.15, 0.2) is 6.39 Å². The van der Waals surface area contributed by atoms with E-state index in [0.29, 0.717) is 5.69 Å². The first-order valence-electron chi connectivity index (χ1n) is 5.36. The third kappa shape index (κ3) is 2.36. The zero-order valence-electron chi connectivity index (χ0n) is 10.1. The molecule has 0 saturated heterocycles. The second kappa shape index (κ2) is 4.41. The van der Waals surface area contributed by atoms with Crippen LogP contribution in [-0.2, 0) is 0 Å². The number of hydrogen-bond donors (Lipinski definition) is 1. The van der Waals surface area contributed by atoms with Crippen molar-refractivity contribution in [2.45, 2.75) is 20.8 Å². The van der Waals surface area contributed by atoms with Crippen LogP contribution >= 0.6 is 0 Å². The summed E-state index contributed by atoms with van der Waals surface area (Å²) in [6, 6.07) is 5.85. The molecule has 4 nitrogen and oxygen atoms in total. The highest BCUT2D eigenvalue weighted by molar-refractivity contribution is 6.03. The van der Waals surface area contributed by atoms with E-state index in [0.717, 1.165) is 16.8 Å². The molecule has 2 aromatic rings. The summed E-state index contributed by atoms with van der Waals surface area (Å²) in [5.41, 5.74) is 3.57. The summed E-state index contributed by atoms with van der Waals surface area (Å²) in [5, 5.41) is 2.81. The maximum absolute atomic E-state index is 11.9. The molecule has 1 aromatic heterocycles. The van der Waals surface area contributed by atoms with E-state index in [1.165, 1.54) is 6.39 Å². The molecule has 0 unspecified atom stereocenters. The number of anilines is 1. The Hall–Kier alpha value is -2.10. The van der Waals surface area contributed by atoms with Gasteiger partial charge in [-0.25, -0.2) is 4.98 Å². The van der Waals surface area contributed by atoms with Crippen LogP contribution in [0.4, 0.5) is 5.69 Å². The van der Waals surface area contributed by atoms with Crippen molar-refractivity contribution in [3.8, 4) is 0 Å². The molecule has 2 rings (SSSR count). The summed E-state index contributed by atoms with van der Waals surface area (Å²) < 4.78 is 5.04. The zero-order valence-corrected chi connectivity index (χ0v) is 10.1. The maximum Gasteiger partial charge on any atom is 0.293 e.